The maximum absolute atomic E-state index is 11.7. The van der Waals surface area contributed by atoms with Crippen molar-refractivity contribution in [3.05, 3.63) is 60.4 Å². The van der Waals surface area contributed by atoms with Gasteiger partial charge in [-0.15, -0.1) is 0 Å². The molecule has 0 saturated carbocycles. The van der Waals surface area contributed by atoms with Gasteiger partial charge in [-0.05, 0) is 54.5 Å². The highest BCUT2D eigenvalue weighted by molar-refractivity contribution is 7.90. The molecule has 2 N–H and O–H groups in total. The zero-order valence-corrected chi connectivity index (χ0v) is 16.6. The molecule has 0 fully saturated rings. The molecular weight excluding hydrogens is 372 g/mol. The Kier molecular flexibility index (Phi) is 4.89. The van der Waals surface area contributed by atoms with Crippen LogP contribution in [-0.4, -0.2) is 38.0 Å². The van der Waals surface area contributed by atoms with Gasteiger partial charge in [0.15, 0.2) is 4.90 Å². The lowest BCUT2D eigenvalue weighted by molar-refractivity contribution is 0.601. The Hall–Kier alpha value is -3.10. The average molecular weight is 392 g/mol. The molecule has 8 heteroatoms. The van der Waals surface area contributed by atoms with Crippen LogP contribution in [0.2, 0.25) is 0 Å². The van der Waals surface area contributed by atoms with Crippen LogP contribution in [0.15, 0.2) is 59.6 Å². The van der Waals surface area contributed by atoms with Gasteiger partial charge in [0.05, 0.1) is 11.2 Å². The third kappa shape index (κ3) is 3.64. The second-order valence-electron chi connectivity index (χ2n) is 6.44. The molecule has 0 aliphatic rings. The Morgan fingerprint density at radius 2 is 2.00 bits per heavy atom. The van der Waals surface area contributed by atoms with E-state index in [-0.39, 0.29) is 0 Å². The number of hydrogen-bond donors (Lipinski definition) is 2. The summed E-state index contributed by atoms with van der Waals surface area (Å²) in [5.74, 6) is 1.23. The van der Waals surface area contributed by atoms with Gasteiger partial charge in [0.1, 0.15) is 12.1 Å². The number of nitrogens with one attached hydrogen (secondary N) is 2. The van der Waals surface area contributed by atoms with Crippen molar-refractivity contribution in [1.82, 2.24) is 20.2 Å². The molecule has 142 valence electrons. The van der Waals surface area contributed by atoms with E-state index in [9.17, 15) is 4.55 Å². The highest BCUT2D eigenvalue weighted by Gasteiger charge is 2.11. The largest absolute Gasteiger partial charge is 0.612 e. The number of aryl methyl sites for hydroxylation is 1. The maximum Gasteiger partial charge on any atom is 0.229 e. The topological polar surface area (TPSA) is 92.8 Å². The van der Waals surface area contributed by atoms with Gasteiger partial charge >= 0.3 is 0 Å². The molecule has 4 aromatic rings. The lowest BCUT2D eigenvalue weighted by atomic mass is 10.2. The Bertz CT molecular complexity index is 1130. The van der Waals surface area contributed by atoms with E-state index in [1.54, 1.807) is 12.5 Å². The van der Waals surface area contributed by atoms with Crippen LogP contribution in [0.5, 0.6) is 0 Å². The normalized spacial score (nSPS) is 12.1. The zero-order valence-electron chi connectivity index (χ0n) is 15.8. The summed E-state index contributed by atoms with van der Waals surface area (Å²) in [6.07, 6.45) is 3.37. The third-order valence-corrected chi connectivity index (χ3v) is 5.45. The number of H-pyrrole nitrogens is 1. The van der Waals surface area contributed by atoms with E-state index < -0.39 is 11.2 Å². The Balaban J connectivity index is 1.59. The van der Waals surface area contributed by atoms with Crippen LogP contribution < -0.4 is 10.2 Å². The predicted molar refractivity (Wildman–Crippen MR) is 113 cm³/mol. The van der Waals surface area contributed by atoms with Crippen molar-refractivity contribution < 1.29 is 4.55 Å². The lowest BCUT2D eigenvalue weighted by Gasteiger charge is -2.19. The highest BCUT2D eigenvalue weighted by atomic mass is 32.2. The van der Waals surface area contributed by atoms with Crippen LogP contribution in [-0.2, 0) is 11.2 Å². The Morgan fingerprint density at radius 3 is 2.82 bits per heavy atom. The molecule has 0 aliphatic heterocycles. The van der Waals surface area contributed by atoms with E-state index in [0.29, 0.717) is 5.95 Å². The minimum Gasteiger partial charge on any atom is -0.612 e. The van der Waals surface area contributed by atoms with Crippen molar-refractivity contribution in [2.45, 2.75) is 11.8 Å². The summed E-state index contributed by atoms with van der Waals surface area (Å²) in [5, 5.41) is 11.6. The first-order valence-corrected chi connectivity index (χ1v) is 10.3. The van der Waals surface area contributed by atoms with Crippen molar-refractivity contribution in [2.75, 3.05) is 23.5 Å². The van der Waals surface area contributed by atoms with Crippen LogP contribution >= 0.6 is 0 Å². The van der Waals surface area contributed by atoms with Gasteiger partial charge in [-0.2, -0.15) is 10.1 Å². The van der Waals surface area contributed by atoms with Crippen LogP contribution in [0.1, 0.15) is 5.69 Å². The molecule has 2 aromatic carbocycles. The van der Waals surface area contributed by atoms with Gasteiger partial charge in [0.2, 0.25) is 5.95 Å². The van der Waals surface area contributed by atoms with Gasteiger partial charge in [0.25, 0.3) is 0 Å². The smallest absolute Gasteiger partial charge is 0.229 e. The molecule has 7 nitrogen and oxygen atoms in total. The molecule has 28 heavy (non-hydrogen) atoms. The lowest BCUT2D eigenvalue weighted by Crippen LogP contribution is -2.12. The fourth-order valence-electron chi connectivity index (χ4n) is 2.96. The summed E-state index contributed by atoms with van der Waals surface area (Å²) in [4.78, 5) is 11.6. The molecule has 1 unspecified atom stereocenters. The van der Waals surface area contributed by atoms with E-state index >= 15 is 0 Å². The van der Waals surface area contributed by atoms with Crippen molar-refractivity contribution in [3.63, 3.8) is 0 Å². The van der Waals surface area contributed by atoms with Crippen molar-refractivity contribution in [2.24, 2.45) is 0 Å². The molecule has 0 aliphatic carbocycles. The minimum absolute atomic E-state index is 0.474. The quantitative estimate of drug-likeness (QED) is 0.500. The first-order chi connectivity index (χ1) is 13.5. The molecule has 0 amide bonds. The van der Waals surface area contributed by atoms with Crippen LogP contribution in [0.3, 0.4) is 0 Å². The first-order valence-electron chi connectivity index (χ1n) is 8.73. The summed E-state index contributed by atoms with van der Waals surface area (Å²) in [7, 11) is 1.96. The number of aromatic amines is 1. The SMILES string of the molecule is Cc1n[nH]c2cc(N(C)c3ccnc(Nc4cccc([S+](C)[O-])c4)n3)ccc12. The summed E-state index contributed by atoms with van der Waals surface area (Å²) in [6, 6.07) is 15.4. The van der Waals surface area contributed by atoms with Gasteiger partial charge in [-0.25, -0.2) is 4.98 Å². The fraction of sp³-hybridized carbons (Fsp3) is 0.150. The summed E-state index contributed by atoms with van der Waals surface area (Å²) >= 11 is -1.04. The predicted octanol–water partition coefficient (Wildman–Crippen LogP) is 3.91. The average Bonchev–Trinajstić information content (AvgIpc) is 3.08. The molecule has 0 bridgehead atoms. The number of nitrogens with zero attached hydrogens (tertiary/aromatic N) is 4. The molecule has 2 aromatic heterocycles. The van der Waals surface area contributed by atoms with Crippen LogP contribution in [0, 0.1) is 6.92 Å². The summed E-state index contributed by atoms with van der Waals surface area (Å²) < 4.78 is 11.7. The molecule has 0 saturated heterocycles. The van der Waals surface area contributed by atoms with Crippen molar-refractivity contribution in [3.8, 4) is 0 Å². The fourth-order valence-corrected chi connectivity index (χ4v) is 3.53. The second kappa shape index (κ2) is 7.49. The third-order valence-electron chi connectivity index (χ3n) is 4.53. The number of hydrogen-bond acceptors (Lipinski definition) is 6. The van der Waals surface area contributed by atoms with E-state index in [0.717, 1.165) is 38.7 Å². The van der Waals surface area contributed by atoms with Crippen molar-refractivity contribution in [1.29, 1.82) is 0 Å². The highest BCUT2D eigenvalue weighted by Crippen LogP contribution is 2.27. The van der Waals surface area contributed by atoms with Crippen LogP contribution in [0.25, 0.3) is 10.9 Å². The summed E-state index contributed by atoms with van der Waals surface area (Å²) in [5.41, 5.74) is 3.75. The molecule has 1 atom stereocenters. The second-order valence-corrected chi connectivity index (χ2v) is 7.82. The number of rotatable bonds is 5. The van der Waals surface area contributed by atoms with Gasteiger partial charge < -0.3 is 14.8 Å². The molecule has 0 spiro atoms. The van der Waals surface area contributed by atoms with E-state index in [1.165, 1.54) is 0 Å². The maximum atomic E-state index is 11.7. The molecule has 0 radical (unpaired) electrons. The van der Waals surface area contributed by atoms with Crippen molar-refractivity contribution >= 4 is 45.2 Å². The monoisotopic (exact) mass is 392 g/mol. The number of fused-ring (bicyclic) bond motifs is 1. The number of anilines is 4. The van der Waals surface area contributed by atoms with Gasteiger partial charge in [-0.1, -0.05) is 6.07 Å². The summed E-state index contributed by atoms with van der Waals surface area (Å²) in [6.45, 7) is 1.98. The van der Waals surface area contributed by atoms with Gasteiger partial charge in [0, 0.05) is 36.1 Å². The standard InChI is InChI=1S/C20H20N6OS/c1-13-17-8-7-15(12-18(17)25-24-13)26(2)19-9-10-21-20(23-19)22-14-5-4-6-16(11-14)28(3)27/h4-12H,1-3H3,(H,24,25)(H,21,22,23). The van der Waals surface area contributed by atoms with E-state index in [2.05, 4.69) is 31.5 Å². The molecular formula is C20H20N6OS. The Morgan fingerprint density at radius 1 is 1.14 bits per heavy atom. The molecule has 4 rings (SSSR count). The molecule has 2 heterocycles. The van der Waals surface area contributed by atoms with E-state index in [4.69, 9.17) is 0 Å². The Labute approximate surface area is 166 Å². The van der Waals surface area contributed by atoms with E-state index in [1.807, 2.05) is 61.3 Å². The number of benzene rings is 2. The first kappa shape index (κ1) is 18.3. The van der Waals surface area contributed by atoms with Gasteiger partial charge in [-0.3, -0.25) is 5.10 Å². The minimum atomic E-state index is -1.04. The number of aromatic nitrogens is 4. The van der Waals surface area contributed by atoms with Crippen LogP contribution in [0.4, 0.5) is 23.1 Å². The zero-order chi connectivity index (χ0) is 19.7.